The van der Waals surface area contributed by atoms with E-state index in [1.54, 1.807) is 12.1 Å². The minimum Gasteiger partial charge on any atom is -0.425 e. The predicted octanol–water partition coefficient (Wildman–Crippen LogP) is 3.74. The van der Waals surface area contributed by atoms with E-state index in [4.69, 9.17) is 16.3 Å². The van der Waals surface area contributed by atoms with Gasteiger partial charge in [0.2, 0.25) is 0 Å². The maximum absolute atomic E-state index is 12.0. The number of carbonyl (C=O) groups excluding carboxylic acids is 1. The molecule has 0 amide bonds. The summed E-state index contributed by atoms with van der Waals surface area (Å²) in [4.78, 5) is 12.0. The van der Waals surface area contributed by atoms with E-state index in [0.717, 1.165) is 11.1 Å². The van der Waals surface area contributed by atoms with Crippen LogP contribution in [0.3, 0.4) is 0 Å². The fourth-order valence-corrected chi connectivity index (χ4v) is 4.91. The van der Waals surface area contributed by atoms with Crippen LogP contribution in [0.4, 0.5) is 0 Å². The summed E-state index contributed by atoms with van der Waals surface area (Å²) in [5.41, 5.74) is 1.95. The van der Waals surface area contributed by atoms with E-state index < -0.39 is 15.8 Å². The van der Waals surface area contributed by atoms with Gasteiger partial charge in [0.15, 0.2) is 9.84 Å². The highest BCUT2D eigenvalue weighted by Crippen LogP contribution is 2.31. The Kier molecular flexibility index (Phi) is 4.92. The highest BCUT2D eigenvalue weighted by molar-refractivity contribution is 7.91. The minimum absolute atomic E-state index is 0.0583. The average Bonchev–Trinajstić information content (AvgIpc) is 2.89. The Labute approximate surface area is 146 Å². The van der Waals surface area contributed by atoms with Crippen LogP contribution in [0.25, 0.3) is 11.1 Å². The van der Waals surface area contributed by atoms with Crippen molar-refractivity contribution in [1.82, 2.24) is 0 Å². The molecule has 126 valence electrons. The predicted molar refractivity (Wildman–Crippen MR) is 93.9 cm³/mol. The monoisotopic (exact) mass is 364 g/mol. The molecule has 0 bridgehead atoms. The lowest BCUT2D eigenvalue weighted by atomic mass is 10.1. The molecule has 1 aliphatic rings. The molecule has 2 aromatic carbocycles. The average molecular weight is 365 g/mol. The zero-order chi connectivity index (χ0) is 17.2. The summed E-state index contributed by atoms with van der Waals surface area (Å²) in [5, 5.41) is 0.351. The molecule has 1 atom stereocenters. The first-order valence-electron chi connectivity index (χ1n) is 7.69. The second-order valence-corrected chi connectivity index (χ2v) is 8.59. The van der Waals surface area contributed by atoms with Crippen molar-refractivity contribution in [3.63, 3.8) is 0 Å². The van der Waals surface area contributed by atoms with Crippen molar-refractivity contribution in [3.8, 4) is 16.9 Å². The summed E-state index contributed by atoms with van der Waals surface area (Å²) in [6.45, 7) is 0. The van der Waals surface area contributed by atoms with Crippen molar-refractivity contribution < 1.29 is 17.9 Å². The summed E-state index contributed by atoms with van der Waals surface area (Å²) < 4.78 is 28.2. The number of benzene rings is 2. The molecular formula is C18H17ClO4S. The molecule has 1 unspecified atom stereocenters. The molecule has 3 rings (SSSR count). The number of halogens is 1. The highest BCUT2D eigenvalue weighted by atomic mass is 35.5. The van der Waals surface area contributed by atoms with Crippen molar-refractivity contribution >= 4 is 27.4 Å². The van der Waals surface area contributed by atoms with Gasteiger partial charge < -0.3 is 4.74 Å². The van der Waals surface area contributed by atoms with Gasteiger partial charge in [-0.2, -0.15) is 0 Å². The second kappa shape index (κ2) is 6.95. The third-order valence-corrected chi connectivity index (χ3v) is 6.18. The van der Waals surface area contributed by atoms with E-state index in [1.165, 1.54) is 0 Å². The Morgan fingerprint density at radius 3 is 2.50 bits per heavy atom. The SMILES string of the molecule is O=C(CC1CCS(=O)(=O)C1)Oc1ccc(-c2ccccc2)cc1Cl. The molecule has 4 nitrogen and oxygen atoms in total. The van der Waals surface area contributed by atoms with Crippen LogP contribution in [0.1, 0.15) is 12.8 Å². The van der Waals surface area contributed by atoms with Gasteiger partial charge in [0.1, 0.15) is 5.75 Å². The van der Waals surface area contributed by atoms with E-state index in [0.29, 0.717) is 17.2 Å². The first-order chi connectivity index (χ1) is 11.4. The van der Waals surface area contributed by atoms with Crippen LogP contribution < -0.4 is 4.74 Å². The Bertz CT molecular complexity index is 847. The second-order valence-electron chi connectivity index (χ2n) is 5.96. The van der Waals surface area contributed by atoms with Crippen LogP contribution in [0.5, 0.6) is 5.75 Å². The molecule has 1 heterocycles. The first kappa shape index (κ1) is 17.0. The zero-order valence-corrected chi connectivity index (χ0v) is 14.5. The number of sulfone groups is 1. The van der Waals surface area contributed by atoms with Crippen LogP contribution in [0.15, 0.2) is 48.5 Å². The molecule has 24 heavy (non-hydrogen) atoms. The smallest absolute Gasteiger partial charge is 0.311 e. The number of esters is 1. The van der Waals surface area contributed by atoms with Gasteiger partial charge in [0, 0.05) is 6.42 Å². The van der Waals surface area contributed by atoms with Gasteiger partial charge in [-0.05, 0) is 35.6 Å². The van der Waals surface area contributed by atoms with Crippen LogP contribution in [-0.4, -0.2) is 25.9 Å². The molecule has 1 aliphatic heterocycles. The summed E-state index contributed by atoms with van der Waals surface area (Å²) in [7, 11) is -2.99. The molecular weight excluding hydrogens is 348 g/mol. The number of rotatable bonds is 4. The van der Waals surface area contributed by atoms with Crippen molar-refractivity contribution in [1.29, 1.82) is 0 Å². The molecule has 2 aromatic rings. The van der Waals surface area contributed by atoms with Gasteiger partial charge >= 0.3 is 5.97 Å². The van der Waals surface area contributed by atoms with E-state index in [2.05, 4.69) is 0 Å². The van der Waals surface area contributed by atoms with Gasteiger partial charge in [-0.15, -0.1) is 0 Å². The van der Waals surface area contributed by atoms with Crippen LogP contribution in [0, 0.1) is 5.92 Å². The Morgan fingerprint density at radius 1 is 1.12 bits per heavy atom. The molecule has 1 saturated heterocycles. The Morgan fingerprint density at radius 2 is 1.88 bits per heavy atom. The summed E-state index contributed by atoms with van der Waals surface area (Å²) in [6.07, 6.45) is 0.605. The third kappa shape index (κ3) is 4.16. The Hall–Kier alpha value is -1.85. The standard InChI is InChI=1S/C18H17ClO4S/c19-16-11-15(14-4-2-1-3-5-14)6-7-17(16)23-18(20)10-13-8-9-24(21,22)12-13/h1-7,11,13H,8-10,12H2. The van der Waals surface area contributed by atoms with Gasteiger partial charge in [0.25, 0.3) is 0 Å². The molecule has 0 spiro atoms. The maximum atomic E-state index is 12.0. The summed E-state index contributed by atoms with van der Waals surface area (Å²) in [5.74, 6) is -0.112. The molecule has 0 N–H and O–H groups in total. The quantitative estimate of drug-likeness (QED) is 0.612. The van der Waals surface area contributed by atoms with E-state index in [1.807, 2.05) is 36.4 Å². The summed E-state index contributed by atoms with van der Waals surface area (Å²) in [6, 6.07) is 15.0. The Balaban J connectivity index is 1.66. The van der Waals surface area contributed by atoms with Gasteiger partial charge in [-0.3, -0.25) is 4.79 Å². The molecule has 0 radical (unpaired) electrons. The lowest BCUT2D eigenvalue weighted by Gasteiger charge is -2.10. The lowest BCUT2D eigenvalue weighted by Crippen LogP contribution is -2.15. The summed E-state index contributed by atoms with van der Waals surface area (Å²) >= 11 is 6.21. The van der Waals surface area contributed by atoms with Gasteiger partial charge in [-0.1, -0.05) is 48.0 Å². The van der Waals surface area contributed by atoms with Crippen LogP contribution in [0.2, 0.25) is 5.02 Å². The number of carbonyl (C=O) groups is 1. The third-order valence-electron chi connectivity index (χ3n) is 4.04. The van der Waals surface area contributed by atoms with Crippen LogP contribution in [-0.2, 0) is 14.6 Å². The highest BCUT2D eigenvalue weighted by Gasteiger charge is 2.30. The fourth-order valence-electron chi connectivity index (χ4n) is 2.83. The molecule has 0 aromatic heterocycles. The molecule has 6 heteroatoms. The van der Waals surface area contributed by atoms with Gasteiger partial charge in [0.05, 0.1) is 16.5 Å². The lowest BCUT2D eigenvalue weighted by molar-refractivity contribution is -0.135. The molecule has 0 aliphatic carbocycles. The first-order valence-corrected chi connectivity index (χ1v) is 9.89. The van der Waals surface area contributed by atoms with E-state index >= 15 is 0 Å². The maximum Gasteiger partial charge on any atom is 0.311 e. The fraction of sp³-hybridized carbons (Fsp3) is 0.278. The van der Waals surface area contributed by atoms with Crippen molar-refractivity contribution in [2.24, 2.45) is 5.92 Å². The van der Waals surface area contributed by atoms with Gasteiger partial charge in [-0.25, -0.2) is 8.42 Å². The van der Waals surface area contributed by atoms with E-state index in [-0.39, 0.29) is 23.8 Å². The zero-order valence-electron chi connectivity index (χ0n) is 12.9. The number of ether oxygens (including phenoxy) is 1. The van der Waals surface area contributed by atoms with Crippen molar-refractivity contribution in [2.75, 3.05) is 11.5 Å². The minimum atomic E-state index is -2.99. The molecule has 1 fully saturated rings. The molecule has 0 saturated carbocycles. The van der Waals surface area contributed by atoms with Crippen molar-refractivity contribution in [3.05, 3.63) is 53.6 Å². The largest absolute Gasteiger partial charge is 0.425 e. The van der Waals surface area contributed by atoms with E-state index in [9.17, 15) is 13.2 Å². The normalized spacial score (nSPS) is 19.1. The van der Waals surface area contributed by atoms with Crippen molar-refractivity contribution in [2.45, 2.75) is 12.8 Å². The topological polar surface area (TPSA) is 60.4 Å². The van der Waals surface area contributed by atoms with Crippen LogP contribution >= 0.6 is 11.6 Å². The number of hydrogen-bond donors (Lipinski definition) is 0. The number of hydrogen-bond acceptors (Lipinski definition) is 4.